The minimum absolute atomic E-state index is 0.0182. The standard InChI is InChI=1S/C25H21N5OS3/c1-32-24-26-23-21(18-13-8-14-19(18)34-23)22-27-28-25(30(22)24)33-15-20(31)29(16-9-4-2-5-10-16)17-11-6-3-7-12-17/h2-7,9-12H,8,13-15H2,1H3. The van der Waals surface area contributed by atoms with Crippen molar-refractivity contribution in [3.63, 3.8) is 0 Å². The fourth-order valence-electron chi connectivity index (χ4n) is 4.45. The third-order valence-corrected chi connectivity index (χ3v) is 8.67. The Labute approximate surface area is 209 Å². The molecule has 0 fully saturated rings. The van der Waals surface area contributed by atoms with E-state index in [9.17, 15) is 4.79 Å². The highest BCUT2D eigenvalue weighted by Gasteiger charge is 2.25. The van der Waals surface area contributed by atoms with Crippen LogP contribution in [0.5, 0.6) is 0 Å². The number of amides is 1. The Morgan fingerprint density at radius 1 is 1.00 bits per heavy atom. The van der Waals surface area contributed by atoms with E-state index in [0.29, 0.717) is 5.16 Å². The van der Waals surface area contributed by atoms with Crippen LogP contribution in [0.4, 0.5) is 11.4 Å². The van der Waals surface area contributed by atoms with Crippen molar-refractivity contribution in [1.29, 1.82) is 0 Å². The van der Waals surface area contributed by atoms with Gasteiger partial charge in [-0.05, 0) is 55.3 Å². The molecule has 2 aromatic carbocycles. The SMILES string of the molecule is CSc1nc2sc3c(c2c2nnc(SCC(=O)N(c4ccccc4)c4ccccc4)n12)CCC3. The molecule has 3 heterocycles. The highest BCUT2D eigenvalue weighted by Crippen LogP contribution is 2.40. The van der Waals surface area contributed by atoms with Gasteiger partial charge < -0.3 is 0 Å². The van der Waals surface area contributed by atoms with Crippen LogP contribution in [0, 0.1) is 0 Å². The number of thiophene rings is 1. The maximum atomic E-state index is 13.5. The van der Waals surface area contributed by atoms with E-state index in [1.807, 2.05) is 71.3 Å². The molecule has 0 atom stereocenters. The second kappa shape index (κ2) is 9.05. The second-order valence-corrected chi connectivity index (χ2v) is 10.8. The fraction of sp³-hybridized carbons (Fsp3) is 0.200. The number of aryl methyl sites for hydroxylation is 2. The van der Waals surface area contributed by atoms with Crippen LogP contribution in [-0.2, 0) is 17.6 Å². The van der Waals surface area contributed by atoms with Gasteiger partial charge in [-0.2, -0.15) is 0 Å². The van der Waals surface area contributed by atoms with Gasteiger partial charge in [0, 0.05) is 16.3 Å². The summed E-state index contributed by atoms with van der Waals surface area (Å²) in [5.41, 5.74) is 3.91. The number of hydrogen-bond acceptors (Lipinski definition) is 7. The van der Waals surface area contributed by atoms with Gasteiger partial charge in [-0.1, -0.05) is 59.9 Å². The first-order valence-electron chi connectivity index (χ1n) is 11.0. The molecular formula is C25H21N5OS3. The maximum Gasteiger partial charge on any atom is 0.242 e. The number of anilines is 2. The number of carbonyl (C=O) groups is 1. The van der Waals surface area contributed by atoms with E-state index < -0.39 is 0 Å². The normalized spacial score (nSPS) is 13.0. The van der Waals surface area contributed by atoms with Crippen molar-refractivity contribution >= 4 is 68.0 Å². The quantitative estimate of drug-likeness (QED) is 0.209. The molecule has 170 valence electrons. The van der Waals surface area contributed by atoms with Gasteiger partial charge in [-0.25, -0.2) is 9.38 Å². The largest absolute Gasteiger partial charge is 0.280 e. The molecule has 5 aromatic rings. The lowest BCUT2D eigenvalue weighted by molar-refractivity contribution is -0.115. The van der Waals surface area contributed by atoms with E-state index in [1.165, 1.54) is 28.6 Å². The van der Waals surface area contributed by atoms with Crippen LogP contribution in [0.1, 0.15) is 16.9 Å². The Morgan fingerprint density at radius 3 is 2.38 bits per heavy atom. The van der Waals surface area contributed by atoms with Crippen LogP contribution in [0.2, 0.25) is 0 Å². The van der Waals surface area contributed by atoms with Crippen molar-refractivity contribution in [2.75, 3.05) is 16.9 Å². The molecule has 6 rings (SSSR count). The first-order valence-corrected chi connectivity index (χ1v) is 14.1. The van der Waals surface area contributed by atoms with Gasteiger partial charge >= 0.3 is 0 Å². The fourth-order valence-corrected chi connectivity index (χ4v) is 7.14. The molecule has 3 aromatic heterocycles. The Hall–Kier alpha value is -2.88. The first-order chi connectivity index (χ1) is 16.7. The number of hydrogen-bond donors (Lipinski definition) is 0. The van der Waals surface area contributed by atoms with Crippen LogP contribution in [0.15, 0.2) is 71.0 Å². The van der Waals surface area contributed by atoms with Gasteiger partial charge in [-0.3, -0.25) is 9.69 Å². The number of rotatable bonds is 6. The molecule has 0 N–H and O–H groups in total. The van der Waals surface area contributed by atoms with E-state index in [1.54, 1.807) is 28.0 Å². The van der Waals surface area contributed by atoms with Gasteiger partial charge in [0.05, 0.1) is 11.1 Å². The van der Waals surface area contributed by atoms with Gasteiger partial charge in [-0.15, -0.1) is 21.5 Å². The zero-order valence-corrected chi connectivity index (χ0v) is 20.9. The third-order valence-electron chi connectivity index (χ3n) is 5.93. The van der Waals surface area contributed by atoms with Gasteiger partial charge in [0.1, 0.15) is 4.83 Å². The average Bonchev–Trinajstić information content (AvgIpc) is 3.58. The Bertz CT molecular complexity index is 1460. The summed E-state index contributed by atoms with van der Waals surface area (Å²) in [6.45, 7) is 0. The van der Waals surface area contributed by atoms with E-state index in [-0.39, 0.29) is 11.7 Å². The van der Waals surface area contributed by atoms with Crippen LogP contribution in [0.25, 0.3) is 15.9 Å². The summed E-state index contributed by atoms with van der Waals surface area (Å²) in [6, 6.07) is 19.5. The summed E-state index contributed by atoms with van der Waals surface area (Å²) in [5.74, 6) is 0.216. The zero-order chi connectivity index (χ0) is 23.1. The second-order valence-electron chi connectivity index (χ2n) is 7.97. The van der Waals surface area contributed by atoms with Gasteiger partial charge in [0.2, 0.25) is 5.91 Å². The molecule has 9 heteroatoms. The topological polar surface area (TPSA) is 63.4 Å². The number of nitrogens with zero attached hydrogens (tertiary/aromatic N) is 5. The summed E-state index contributed by atoms with van der Waals surface area (Å²) in [4.78, 5) is 22.6. The van der Waals surface area contributed by atoms with Gasteiger partial charge in [0.25, 0.3) is 0 Å². The molecule has 6 nitrogen and oxygen atoms in total. The van der Waals surface area contributed by atoms with Crippen molar-refractivity contribution in [2.45, 2.75) is 29.6 Å². The van der Waals surface area contributed by atoms with Crippen molar-refractivity contribution in [2.24, 2.45) is 0 Å². The predicted molar refractivity (Wildman–Crippen MR) is 141 cm³/mol. The molecule has 1 aliphatic rings. The molecular weight excluding hydrogens is 483 g/mol. The number of aromatic nitrogens is 4. The highest BCUT2D eigenvalue weighted by atomic mass is 32.2. The molecule has 0 bridgehead atoms. The lowest BCUT2D eigenvalue weighted by Crippen LogP contribution is -2.27. The Kier molecular flexibility index (Phi) is 5.76. The minimum Gasteiger partial charge on any atom is -0.280 e. The first kappa shape index (κ1) is 21.6. The molecule has 0 spiro atoms. The van der Waals surface area contributed by atoms with E-state index in [4.69, 9.17) is 4.98 Å². The number of thioether (sulfide) groups is 2. The number of carbonyl (C=O) groups excluding carboxylic acids is 1. The van der Waals surface area contributed by atoms with Crippen LogP contribution in [0.3, 0.4) is 0 Å². The molecule has 0 saturated carbocycles. The van der Waals surface area contributed by atoms with Crippen LogP contribution < -0.4 is 4.90 Å². The zero-order valence-electron chi connectivity index (χ0n) is 18.5. The van der Waals surface area contributed by atoms with Gasteiger partial charge in [0.15, 0.2) is 16.0 Å². The number of benzene rings is 2. The minimum atomic E-state index is -0.0182. The average molecular weight is 504 g/mol. The Morgan fingerprint density at radius 2 is 1.71 bits per heavy atom. The van der Waals surface area contributed by atoms with Crippen molar-refractivity contribution in [1.82, 2.24) is 19.6 Å². The lowest BCUT2D eigenvalue weighted by atomic mass is 10.2. The molecule has 1 aliphatic carbocycles. The lowest BCUT2D eigenvalue weighted by Gasteiger charge is -2.22. The molecule has 34 heavy (non-hydrogen) atoms. The van der Waals surface area contributed by atoms with Crippen molar-refractivity contribution in [3.8, 4) is 0 Å². The monoisotopic (exact) mass is 503 g/mol. The van der Waals surface area contributed by atoms with Crippen molar-refractivity contribution < 1.29 is 4.79 Å². The number of fused-ring (bicyclic) bond motifs is 5. The van der Waals surface area contributed by atoms with Crippen LogP contribution in [-0.4, -0.2) is 37.5 Å². The predicted octanol–water partition coefficient (Wildman–Crippen LogP) is 6.01. The number of para-hydroxylation sites is 2. The summed E-state index contributed by atoms with van der Waals surface area (Å²) in [7, 11) is 0. The van der Waals surface area contributed by atoms with E-state index in [2.05, 4.69) is 10.2 Å². The Balaban J connectivity index is 1.35. The maximum absolute atomic E-state index is 13.5. The molecule has 0 radical (unpaired) electrons. The molecule has 1 amide bonds. The molecule has 0 aliphatic heterocycles. The smallest absolute Gasteiger partial charge is 0.242 e. The summed E-state index contributed by atoms with van der Waals surface area (Å²) < 4.78 is 2.02. The molecule has 0 unspecified atom stereocenters. The summed E-state index contributed by atoms with van der Waals surface area (Å²) in [5, 5.41) is 11.7. The summed E-state index contributed by atoms with van der Waals surface area (Å²) >= 11 is 4.77. The highest BCUT2D eigenvalue weighted by molar-refractivity contribution is 8.00. The van der Waals surface area contributed by atoms with E-state index >= 15 is 0 Å². The van der Waals surface area contributed by atoms with E-state index in [0.717, 1.165) is 45.2 Å². The molecule has 0 saturated heterocycles. The third kappa shape index (κ3) is 3.68. The van der Waals surface area contributed by atoms with Crippen molar-refractivity contribution in [3.05, 3.63) is 71.1 Å². The summed E-state index contributed by atoms with van der Waals surface area (Å²) in [6.07, 6.45) is 5.39. The van der Waals surface area contributed by atoms with Crippen LogP contribution >= 0.6 is 34.9 Å².